The SMILES string of the molecule is COc1ccc(Cl)cc1N1C(=O)C[C@@H]([NH+]2CC[NH+](C)CC2)C1=O. The Balaban J connectivity index is 1.86. The van der Waals surface area contributed by atoms with Crippen LogP contribution in [0.5, 0.6) is 5.75 Å². The standard InChI is InChI=1S/C16H20ClN3O3/c1-18-5-7-19(8-6-18)13-10-15(21)20(16(13)22)12-9-11(17)3-4-14(12)23-2/h3-4,9,13H,5-8,10H2,1-2H3/p+2/t13-/m1/s1. The summed E-state index contributed by atoms with van der Waals surface area (Å²) in [4.78, 5) is 29.2. The minimum absolute atomic E-state index is 0.148. The van der Waals surface area contributed by atoms with E-state index >= 15 is 0 Å². The minimum Gasteiger partial charge on any atom is -0.495 e. The molecular formula is C16H22ClN3O3+2. The molecule has 2 saturated heterocycles. The minimum atomic E-state index is -0.292. The number of imide groups is 1. The number of ether oxygens (including phenoxy) is 1. The summed E-state index contributed by atoms with van der Waals surface area (Å²) in [6, 6.07) is 4.68. The van der Waals surface area contributed by atoms with Crippen LogP contribution in [0.2, 0.25) is 5.02 Å². The second kappa shape index (κ2) is 6.47. The maximum atomic E-state index is 12.9. The number of carbonyl (C=O) groups excluding carboxylic acids is 2. The Bertz CT molecular complexity index is 629. The fourth-order valence-electron chi connectivity index (χ4n) is 3.39. The van der Waals surface area contributed by atoms with Gasteiger partial charge in [-0.1, -0.05) is 11.6 Å². The summed E-state index contributed by atoms with van der Waals surface area (Å²) in [6.45, 7) is 3.87. The number of hydrogen-bond donors (Lipinski definition) is 2. The molecule has 2 aliphatic heterocycles. The number of amides is 2. The molecule has 7 heteroatoms. The molecule has 1 aromatic rings. The molecule has 2 heterocycles. The van der Waals surface area contributed by atoms with Crippen LogP contribution in [0.1, 0.15) is 6.42 Å². The van der Waals surface area contributed by atoms with E-state index in [1.165, 1.54) is 21.8 Å². The molecule has 2 amide bonds. The molecule has 1 aromatic carbocycles. The smallest absolute Gasteiger partial charge is 0.292 e. The summed E-state index contributed by atoms with van der Waals surface area (Å²) in [5.74, 6) is 0.152. The molecule has 0 spiro atoms. The molecule has 0 aromatic heterocycles. The molecular weight excluding hydrogens is 318 g/mol. The predicted molar refractivity (Wildman–Crippen MR) is 86.2 cm³/mol. The van der Waals surface area contributed by atoms with Crippen LogP contribution < -0.4 is 19.4 Å². The van der Waals surface area contributed by atoms with E-state index in [1.807, 2.05) is 0 Å². The van der Waals surface area contributed by atoms with Crippen molar-refractivity contribution in [1.82, 2.24) is 0 Å². The number of likely N-dealkylation sites (N-methyl/N-ethyl adjacent to an activating group) is 1. The van der Waals surface area contributed by atoms with Crippen molar-refractivity contribution in [3.05, 3.63) is 23.2 Å². The number of piperazine rings is 1. The van der Waals surface area contributed by atoms with Crippen LogP contribution in [0.15, 0.2) is 18.2 Å². The normalized spacial score (nSPS) is 28.3. The highest BCUT2D eigenvalue weighted by atomic mass is 35.5. The molecule has 124 valence electrons. The van der Waals surface area contributed by atoms with Crippen molar-refractivity contribution in [3.8, 4) is 5.75 Å². The first-order chi connectivity index (χ1) is 11.0. The van der Waals surface area contributed by atoms with Crippen molar-refractivity contribution in [2.24, 2.45) is 0 Å². The first-order valence-corrected chi connectivity index (χ1v) is 8.25. The lowest BCUT2D eigenvalue weighted by Gasteiger charge is -2.30. The van der Waals surface area contributed by atoms with E-state index in [4.69, 9.17) is 16.3 Å². The molecule has 0 radical (unpaired) electrons. The summed E-state index contributed by atoms with van der Waals surface area (Å²) in [5, 5.41) is 0.473. The molecule has 0 unspecified atom stereocenters. The summed E-state index contributed by atoms with van der Waals surface area (Å²) in [6.07, 6.45) is 0.253. The predicted octanol–water partition coefficient (Wildman–Crippen LogP) is -1.61. The van der Waals surface area contributed by atoms with Gasteiger partial charge in [0.05, 0.1) is 26.3 Å². The lowest BCUT2D eigenvalue weighted by molar-refractivity contribution is -1.01. The van der Waals surface area contributed by atoms with Crippen molar-refractivity contribution < 1.29 is 24.1 Å². The Morgan fingerprint density at radius 2 is 1.91 bits per heavy atom. The zero-order valence-electron chi connectivity index (χ0n) is 13.4. The zero-order valence-corrected chi connectivity index (χ0v) is 14.2. The Hall–Kier alpha value is -1.63. The van der Waals surface area contributed by atoms with Gasteiger partial charge in [-0.15, -0.1) is 0 Å². The number of quaternary nitrogens is 2. The molecule has 1 atom stereocenters. The van der Waals surface area contributed by atoms with E-state index in [9.17, 15) is 9.59 Å². The Labute approximate surface area is 140 Å². The van der Waals surface area contributed by atoms with Crippen molar-refractivity contribution in [2.75, 3.05) is 45.2 Å². The van der Waals surface area contributed by atoms with E-state index < -0.39 is 0 Å². The van der Waals surface area contributed by atoms with Gasteiger partial charge in [-0.2, -0.15) is 0 Å². The molecule has 2 N–H and O–H groups in total. The van der Waals surface area contributed by atoms with Gasteiger partial charge < -0.3 is 14.5 Å². The molecule has 2 aliphatic rings. The van der Waals surface area contributed by atoms with Gasteiger partial charge in [-0.3, -0.25) is 9.59 Å². The van der Waals surface area contributed by atoms with E-state index in [0.29, 0.717) is 16.5 Å². The summed E-state index contributed by atoms with van der Waals surface area (Å²) in [5.41, 5.74) is 0.441. The van der Waals surface area contributed by atoms with Crippen LogP contribution in [-0.4, -0.2) is 58.2 Å². The maximum Gasteiger partial charge on any atom is 0.292 e. The van der Waals surface area contributed by atoms with Crippen molar-refractivity contribution in [3.63, 3.8) is 0 Å². The lowest BCUT2D eigenvalue weighted by atomic mass is 10.2. The third kappa shape index (κ3) is 3.06. The van der Waals surface area contributed by atoms with Crippen LogP contribution in [0, 0.1) is 0 Å². The highest BCUT2D eigenvalue weighted by Gasteiger charge is 2.47. The average molecular weight is 340 g/mol. The number of benzene rings is 1. The van der Waals surface area contributed by atoms with Gasteiger partial charge in [0.25, 0.3) is 5.91 Å². The van der Waals surface area contributed by atoms with Crippen LogP contribution in [0.4, 0.5) is 5.69 Å². The molecule has 23 heavy (non-hydrogen) atoms. The third-order valence-corrected chi connectivity index (χ3v) is 5.00. The van der Waals surface area contributed by atoms with Crippen LogP contribution >= 0.6 is 11.6 Å². The number of nitrogens with zero attached hydrogens (tertiary/aromatic N) is 1. The Kier molecular flexibility index (Phi) is 4.57. The quantitative estimate of drug-likeness (QED) is 0.652. The van der Waals surface area contributed by atoms with Crippen LogP contribution in [0.25, 0.3) is 0 Å². The summed E-state index contributed by atoms with van der Waals surface area (Å²) >= 11 is 6.04. The van der Waals surface area contributed by atoms with E-state index in [2.05, 4.69) is 7.05 Å². The molecule has 6 nitrogen and oxygen atoms in total. The number of methoxy groups -OCH3 is 1. The largest absolute Gasteiger partial charge is 0.495 e. The van der Waals surface area contributed by atoms with Crippen molar-refractivity contribution in [1.29, 1.82) is 0 Å². The summed E-state index contributed by atoms with van der Waals surface area (Å²) in [7, 11) is 3.67. The first kappa shape index (κ1) is 16.2. The lowest BCUT2D eigenvalue weighted by Crippen LogP contribution is -3.29. The molecule has 0 bridgehead atoms. The number of nitrogens with one attached hydrogen (secondary N) is 2. The number of anilines is 1. The average Bonchev–Trinajstić information content (AvgIpc) is 2.83. The highest BCUT2D eigenvalue weighted by Crippen LogP contribution is 2.34. The topological polar surface area (TPSA) is 55.5 Å². The van der Waals surface area contributed by atoms with Gasteiger partial charge in [0, 0.05) is 5.02 Å². The summed E-state index contributed by atoms with van der Waals surface area (Å²) < 4.78 is 5.29. The zero-order chi connectivity index (χ0) is 16.6. The number of rotatable bonds is 3. The molecule has 0 saturated carbocycles. The van der Waals surface area contributed by atoms with E-state index in [0.717, 1.165) is 26.2 Å². The first-order valence-electron chi connectivity index (χ1n) is 7.87. The van der Waals surface area contributed by atoms with Crippen LogP contribution in [0.3, 0.4) is 0 Å². The van der Waals surface area contributed by atoms with Gasteiger partial charge in [0.2, 0.25) is 5.91 Å². The molecule has 2 fully saturated rings. The molecule has 0 aliphatic carbocycles. The Morgan fingerprint density at radius 1 is 1.22 bits per heavy atom. The second-order valence-corrected chi connectivity index (χ2v) is 6.69. The van der Waals surface area contributed by atoms with Crippen LogP contribution in [-0.2, 0) is 9.59 Å². The van der Waals surface area contributed by atoms with Crippen molar-refractivity contribution in [2.45, 2.75) is 12.5 Å². The maximum absolute atomic E-state index is 12.9. The van der Waals surface area contributed by atoms with Gasteiger partial charge in [0.1, 0.15) is 31.9 Å². The van der Waals surface area contributed by atoms with Gasteiger partial charge >= 0.3 is 0 Å². The number of carbonyl (C=O) groups is 2. The fraction of sp³-hybridized carbons (Fsp3) is 0.500. The third-order valence-electron chi connectivity index (χ3n) is 4.77. The van der Waals surface area contributed by atoms with Crippen molar-refractivity contribution >= 4 is 29.1 Å². The number of halogens is 1. The highest BCUT2D eigenvalue weighted by molar-refractivity contribution is 6.31. The molecule has 3 rings (SSSR count). The fourth-order valence-corrected chi connectivity index (χ4v) is 3.55. The Morgan fingerprint density at radius 3 is 2.57 bits per heavy atom. The number of hydrogen-bond acceptors (Lipinski definition) is 3. The monoisotopic (exact) mass is 339 g/mol. The van der Waals surface area contributed by atoms with Gasteiger partial charge in [0.15, 0.2) is 6.04 Å². The van der Waals surface area contributed by atoms with Gasteiger partial charge in [-0.05, 0) is 18.2 Å². The van der Waals surface area contributed by atoms with Gasteiger partial charge in [-0.25, -0.2) is 4.90 Å². The second-order valence-electron chi connectivity index (χ2n) is 6.26. The van der Waals surface area contributed by atoms with E-state index in [1.54, 1.807) is 18.2 Å². The van der Waals surface area contributed by atoms with E-state index in [-0.39, 0.29) is 24.3 Å².